The molecular weight excluding hydrogens is 388 g/mol. The topological polar surface area (TPSA) is 58.6 Å². The lowest BCUT2D eigenvalue weighted by Crippen LogP contribution is -2.47. The van der Waals surface area contributed by atoms with Gasteiger partial charge >= 0.3 is 0 Å². The monoisotopic (exact) mass is 414 g/mol. The molecule has 0 bridgehead atoms. The molecule has 0 aliphatic carbocycles. The summed E-state index contributed by atoms with van der Waals surface area (Å²) in [6, 6.07) is 15.3. The number of benzene rings is 2. The summed E-state index contributed by atoms with van der Waals surface area (Å²) in [4.78, 5) is 26.8. The Kier molecular flexibility index (Phi) is 7.53. The van der Waals surface area contributed by atoms with E-state index in [4.69, 9.17) is 16.3 Å². The lowest BCUT2D eigenvalue weighted by Gasteiger charge is -2.32. The van der Waals surface area contributed by atoms with E-state index in [9.17, 15) is 9.59 Å². The fourth-order valence-electron chi connectivity index (χ4n) is 3.65. The summed E-state index contributed by atoms with van der Waals surface area (Å²) in [7, 11) is 1.61. The van der Waals surface area contributed by atoms with Gasteiger partial charge in [-0.1, -0.05) is 41.9 Å². The van der Waals surface area contributed by atoms with Crippen LogP contribution < -0.4 is 10.1 Å². The first-order valence-corrected chi connectivity index (χ1v) is 10.4. The molecule has 0 saturated carbocycles. The van der Waals surface area contributed by atoms with Gasteiger partial charge < -0.3 is 15.0 Å². The molecule has 0 unspecified atom stereocenters. The van der Waals surface area contributed by atoms with Crippen LogP contribution >= 0.6 is 11.6 Å². The third-order valence-corrected chi connectivity index (χ3v) is 5.51. The van der Waals surface area contributed by atoms with Crippen molar-refractivity contribution in [2.45, 2.75) is 38.1 Å². The van der Waals surface area contributed by atoms with Crippen molar-refractivity contribution >= 4 is 23.4 Å². The fourth-order valence-corrected chi connectivity index (χ4v) is 3.86. The zero-order valence-corrected chi connectivity index (χ0v) is 17.5. The van der Waals surface area contributed by atoms with Gasteiger partial charge in [0.15, 0.2) is 0 Å². The average Bonchev–Trinajstić information content (AvgIpc) is 2.73. The highest BCUT2D eigenvalue weighted by Crippen LogP contribution is 2.20. The Bertz CT molecular complexity index is 848. The maximum atomic E-state index is 12.6. The van der Waals surface area contributed by atoms with Crippen LogP contribution in [0.2, 0.25) is 5.02 Å². The minimum Gasteiger partial charge on any atom is -0.496 e. The van der Waals surface area contributed by atoms with Gasteiger partial charge in [-0.05, 0) is 43.0 Å². The van der Waals surface area contributed by atoms with Crippen LogP contribution in [0.4, 0.5) is 0 Å². The molecule has 1 aliphatic rings. The van der Waals surface area contributed by atoms with Crippen molar-refractivity contribution in [3.05, 3.63) is 64.7 Å². The molecule has 1 aliphatic heterocycles. The van der Waals surface area contributed by atoms with Crippen LogP contribution in [0.5, 0.6) is 5.75 Å². The van der Waals surface area contributed by atoms with Crippen LogP contribution in [-0.2, 0) is 22.4 Å². The second-order valence-electron chi connectivity index (χ2n) is 7.34. The number of piperidine rings is 1. The van der Waals surface area contributed by atoms with Gasteiger partial charge in [-0.3, -0.25) is 9.59 Å². The predicted molar refractivity (Wildman–Crippen MR) is 114 cm³/mol. The number of nitrogens with one attached hydrogen (secondary N) is 1. The summed E-state index contributed by atoms with van der Waals surface area (Å²) < 4.78 is 5.33. The zero-order chi connectivity index (χ0) is 20.6. The smallest absolute Gasteiger partial charge is 0.227 e. The van der Waals surface area contributed by atoms with E-state index in [1.54, 1.807) is 7.11 Å². The standard InChI is InChI=1S/C23H27ClN2O3/c1-29-21-8-3-2-6-18(21)16-23(28)26-13-11-20(12-14-26)25-22(27)10-9-17-5-4-7-19(24)15-17/h2-8,15,20H,9-14,16H2,1H3,(H,25,27). The molecule has 29 heavy (non-hydrogen) atoms. The van der Waals surface area contributed by atoms with Gasteiger partial charge in [-0.25, -0.2) is 0 Å². The highest BCUT2D eigenvalue weighted by Gasteiger charge is 2.24. The van der Waals surface area contributed by atoms with Gasteiger partial charge in [-0.15, -0.1) is 0 Å². The van der Waals surface area contributed by atoms with Gasteiger partial charge in [0.2, 0.25) is 11.8 Å². The number of ether oxygens (including phenoxy) is 1. The molecular formula is C23H27ClN2O3. The second-order valence-corrected chi connectivity index (χ2v) is 7.78. The Hall–Kier alpha value is -2.53. The molecule has 0 aromatic heterocycles. The predicted octanol–water partition coefficient (Wildman–Crippen LogP) is 3.63. The molecule has 1 N–H and O–H groups in total. The molecule has 1 saturated heterocycles. The van der Waals surface area contributed by atoms with Crippen molar-refractivity contribution < 1.29 is 14.3 Å². The van der Waals surface area contributed by atoms with Crippen molar-refractivity contribution in [1.29, 1.82) is 0 Å². The van der Waals surface area contributed by atoms with Crippen LogP contribution in [0, 0.1) is 0 Å². The van der Waals surface area contributed by atoms with E-state index in [0.717, 1.165) is 29.7 Å². The first kappa shape index (κ1) is 21.2. The molecule has 2 aromatic rings. The van der Waals surface area contributed by atoms with Crippen LogP contribution in [0.25, 0.3) is 0 Å². The number of methoxy groups -OCH3 is 1. The largest absolute Gasteiger partial charge is 0.496 e. The summed E-state index contributed by atoms with van der Waals surface area (Å²) in [6.45, 7) is 1.32. The van der Waals surface area contributed by atoms with Gasteiger partial charge in [-0.2, -0.15) is 0 Å². The highest BCUT2D eigenvalue weighted by atomic mass is 35.5. The van der Waals surface area contributed by atoms with Gasteiger partial charge in [0.25, 0.3) is 0 Å². The van der Waals surface area contributed by atoms with E-state index in [0.29, 0.717) is 37.4 Å². The molecule has 0 radical (unpaired) electrons. The van der Waals surface area contributed by atoms with Gasteiger partial charge in [0.05, 0.1) is 13.5 Å². The second kappa shape index (κ2) is 10.3. The molecule has 2 amide bonds. The molecule has 0 spiro atoms. The Labute approximate surface area is 177 Å². The van der Waals surface area contributed by atoms with Gasteiger partial charge in [0.1, 0.15) is 5.75 Å². The summed E-state index contributed by atoms with van der Waals surface area (Å²) >= 11 is 5.98. The average molecular weight is 415 g/mol. The maximum absolute atomic E-state index is 12.6. The maximum Gasteiger partial charge on any atom is 0.227 e. The minimum absolute atomic E-state index is 0.0452. The minimum atomic E-state index is 0.0452. The first-order chi connectivity index (χ1) is 14.0. The summed E-state index contributed by atoms with van der Waals surface area (Å²) in [5.74, 6) is 0.881. The molecule has 1 fully saturated rings. The van der Waals surface area contributed by atoms with Crippen molar-refractivity contribution in [1.82, 2.24) is 10.2 Å². The fraction of sp³-hybridized carbons (Fsp3) is 0.391. The number of aryl methyl sites for hydroxylation is 1. The number of nitrogens with zero attached hydrogens (tertiary/aromatic N) is 1. The van der Waals surface area contributed by atoms with E-state index < -0.39 is 0 Å². The molecule has 5 nitrogen and oxygen atoms in total. The zero-order valence-electron chi connectivity index (χ0n) is 16.7. The van der Waals surface area contributed by atoms with Crippen LogP contribution in [-0.4, -0.2) is 43.0 Å². The van der Waals surface area contributed by atoms with Crippen molar-refractivity contribution in [3.8, 4) is 5.75 Å². The lowest BCUT2D eigenvalue weighted by molar-refractivity contribution is -0.131. The van der Waals surface area contributed by atoms with E-state index in [1.165, 1.54) is 0 Å². The number of rotatable bonds is 7. The van der Waals surface area contributed by atoms with Crippen LogP contribution in [0.1, 0.15) is 30.4 Å². The van der Waals surface area contributed by atoms with Crippen molar-refractivity contribution in [2.75, 3.05) is 20.2 Å². The number of hydrogen-bond donors (Lipinski definition) is 1. The number of carbonyl (C=O) groups is 2. The van der Waals surface area contributed by atoms with Crippen molar-refractivity contribution in [3.63, 3.8) is 0 Å². The molecule has 2 aromatic carbocycles. The first-order valence-electron chi connectivity index (χ1n) is 9.98. The van der Waals surface area contributed by atoms with Gasteiger partial charge in [0, 0.05) is 36.1 Å². The van der Waals surface area contributed by atoms with E-state index >= 15 is 0 Å². The summed E-state index contributed by atoms with van der Waals surface area (Å²) in [5.41, 5.74) is 1.96. The molecule has 6 heteroatoms. The summed E-state index contributed by atoms with van der Waals surface area (Å²) in [5, 5.41) is 3.79. The number of halogens is 1. The Morgan fingerprint density at radius 3 is 2.62 bits per heavy atom. The molecule has 0 atom stereocenters. The van der Waals surface area contributed by atoms with E-state index in [2.05, 4.69) is 5.32 Å². The molecule has 1 heterocycles. The number of carbonyl (C=O) groups excluding carboxylic acids is 2. The SMILES string of the molecule is COc1ccccc1CC(=O)N1CCC(NC(=O)CCc2cccc(Cl)c2)CC1. The van der Waals surface area contributed by atoms with Crippen molar-refractivity contribution in [2.24, 2.45) is 0 Å². The summed E-state index contributed by atoms with van der Waals surface area (Å²) in [6.07, 6.45) is 3.00. The molecule has 3 rings (SSSR count). The van der Waals surface area contributed by atoms with E-state index in [-0.39, 0.29) is 17.9 Å². The third-order valence-electron chi connectivity index (χ3n) is 5.28. The Morgan fingerprint density at radius 2 is 1.90 bits per heavy atom. The number of hydrogen-bond acceptors (Lipinski definition) is 3. The van der Waals surface area contributed by atoms with Crippen LogP contribution in [0.3, 0.4) is 0 Å². The molecule has 154 valence electrons. The van der Waals surface area contributed by atoms with E-state index in [1.807, 2.05) is 53.4 Å². The highest BCUT2D eigenvalue weighted by molar-refractivity contribution is 6.30. The Morgan fingerprint density at radius 1 is 1.14 bits per heavy atom. The normalized spacial score (nSPS) is 14.5. The van der Waals surface area contributed by atoms with Crippen LogP contribution in [0.15, 0.2) is 48.5 Å². The number of para-hydroxylation sites is 1. The quantitative estimate of drug-likeness (QED) is 0.752. The number of likely N-dealkylation sites (tertiary alicyclic amines) is 1. The lowest BCUT2D eigenvalue weighted by atomic mass is 10.0. The Balaban J connectivity index is 1.41. The number of amides is 2. The third kappa shape index (κ3) is 6.23.